The number of carbonyl (C=O) groups excluding carboxylic acids is 1. The molecule has 0 saturated heterocycles. The van der Waals surface area contributed by atoms with Gasteiger partial charge in [0.25, 0.3) is 0 Å². The lowest BCUT2D eigenvalue weighted by molar-refractivity contribution is -0.149. The smallest absolute Gasteiger partial charge is 0.416 e. The second kappa shape index (κ2) is 10.2. The Morgan fingerprint density at radius 3 is 2.17 bits per heavy atom. The van der Waals surface area contributed by atoms with Crippen LogP contribution in [0.1, 0.15) is 47.2 Å². The fourth-order valence-electron chi connectivity index (χ4n) is 5.13. The Hall–Kier alpha value is -3.37. The first-order valence-corrected chi connectivity index (χ1v) is 14.5. The topological polar surface area (TPSA) is 83.9 Å². The number of benzene rings is 3. The van der Waals surface area contributed by atoms with Gasteiger partial charge in [0.15, 0.2) is 0 Å². The van der Waals surface area contributed by atoms with Gasteiger partial charge >= 0.3 is 12.1 Å². The molecule has 214 valence electrons. The van der Waals surface area contributed by atoms with Crippen molar-refractivity contribution in [2.45, 2.75) is 59.4 Å². The molecular weight excluding hydrogens is 543 g/mol. The SMILES string of the molecule is Cc1ccc(-c2c(C)c3c(c(C)c2CC(=O)OCC(C)(C)O)N(S(C)(=O)=O)Cc2cc(C(F)(F)F)ccc2-3)cc1. The number of rotatable bonds is 6. The van der Waals surface area contributed by atoms with Crippen molar-refractivity contribution in [2.24, 2.45) is 0 Å². The summed E-state index contributed by atoms with van der Waals surface area (Å²) in [6.07, 6.45) is -3.78. The second-order valence-electron chi connectivity index (χ2n) is 11.0. The van der Waals surface area contributed by atoms with Crippen LogP contribution in [-0.4, -0.2) is 38.0 Å². The van der Waals surface area contributed by atoms with Crippen LogP contribution in [0.2, 0.25) is 0 Å². The molecule has 3 aromatic rings. The minimum Gasteiger partial charge on any atom is -0.462 e. The van der Waals surface area contributed by atoms with E-state index in [9.17, 15) is 31.5 Å². The molecule has 0 atom stereocenters. The van der Waals surface area contributed by atoms with E-state index in [4.69, 9.17) is 4.74 Å². The van der Waals surface area contributed by atoms with E-state index >= 15 is 0 Å². The average Bonchev–Trinajstić information content (AvgIpc) is 2.84. The summed E-state index contributed by atoms with van der Waals surface area (Å²) >= 11 is 0. The van der Waals surface area contributed by atoms with Gasteiger partial charge in [-0.15, -0.1) is 0 Å². The summed E-state index contributed by atoms with van der Waals surface area (Å²) in [5.41, 5.74) is 3.62. The molecular formula is C30H32F3NO5S. The molecule has 0 bridgehead atoms. The summed E-state index contributed by atoms with van der Waals surface area (Å²) in [6.45, 7) is 7.95. The molecule has 0 saturated carbocycles. The number of alkyl halides is 3. The zero-order valence-electron chi connectivity index (χ0n) is 23.2. The Bertz CT molecular complexity index is 1590. The van der Waals surface area contributed by atoms with Gasteiger partial charge in [-0.2, -0.15) is 13.2 Å². The van der Waals surface area contributed by atoms with Crippen molar-refractivity contribution in [3.05, 3.63) is 75.8 Å². The summed E-state index contributed by atoms with van der Waals surface area (Å²) in [5.74, 6) is -0.602. The second-order valence-corrected chi connectivity index (χ2v) is 12.9. The van der Waals surface area contributed by atoms with Crippen molar-refractivity contribution in [1.29, 1.82) is 0 Å². The number of aliphatic hydroxyl groups is 1. The minimum atomic E-state index is -4.59. The number of fused-ring (bicyclic) bond motifs is 3. The maximum atomic E-state index is 13.6. The van der Waals surface area contributed by atoms with Gasteiger partial charge < -0.3 is 9.84 Å². The normalized spacial score (nSPS) is 13.6. The molecule has 0 unspecified atom stereocenters. The molecule has 6 nitrogen and oxygen atoms in total. The number of carbonyl (C=O) groups is 1. The maximum absolute atomic E-state index is 13.6. The highest BCUT2D eigenvalue weighted by Gasteiger charge is 2.37. The molecule has 10 heteroatoms. The van der Waals surface area contributed by atoms with Crippen molar-refractivity contribution >= 4 is 21.7 Å². The fraction of sp³-hybridized carbons (Fsp3) is 0.367. The number of hydrogen-bond donors (Lipinski definition) is 1. The molecule has 1 N–H and O–H groups in total. The number of aryl methyl sites for hydroxylation is 1. The number of nitrogens with zero attached hydrogens (tertiary/aromatic N) is 1. The van der Waals surface area contributed by atoms with Gasteiger partial charge in [0.05, 0.1) is 36.1 Å². The van der Waals surface area contributed by atoms with E-state index in [0.717, 1.165) is 33.8 Å². The summed E-state index contributed by atoms with van der Waals surface area (Å²) in [4.78, 5) is 13.0. The lowest BCUT2D eigenvalue weighted by Crippen LogP contribution is -2.34. The summed E-state index contributed by atoms with van der Waals surface area (Å²) < 4.78 is 73.2. The molecule has 0 amide bonds. The van der Waals surface area contributed by atoms with E-state index in [2.05, 4.69) is 0 Å². The zero-order valence-corrected chi connectivity index (χ0v) is 24.0. The van der Waals surface area contributed by atoms with Gasteiger partial charge in [0, 0.05) is 5.56 Å². The minimum absolute atomic E-state index is 0.198. The fourth-order valence-corrected chi connectivity index (χ4v) is 6.07. The van der Waals surface area contributed by atoms with Crippen molar-refractivity contribution in [2.75, 3.05) is 17.2 Å². The number of ether oxygens (including phenoxy) is 1. The lowest BCUT2D eigenvalue weighted by Gasteiger charge is -2.36. The standard InChI is InChI=1S/C30H32F3NO5S/c1-17-7-9-20(10-8-17)26-19(3)27-23-12-11-22(30(31,32)33)13-21(23)15-34(40(6,37)38)28(27)18(2)24(26)14-25(35)39-16-29(4,5)36/h7-13,36H,14-16H2,1-6H3. The van der Waals surface area contributed by atoms with Crippen molar-refractivity contribution < 1.29 is 36.2 Å². The van der Waals surface area contributed by atoms with Crippen molar-refractivity contribution in [3.8, 4) is 22.3 Å². The molecule has 0 aliphatic carbocycles. The van der Waals surface area contributed by atoms with E-state index in [1.54, 1.807) is 13.8 Å². The maximum Gasteiger partial charge on any atom is 0.416 e. The predicted octanol–water partition coefficient (Wildman–Crippen LogP) is 6.10. The molecule has 0 aromatic heterocycles. The Labute approximate surface area is 232 Å². The number of anilines is 1. The quantitative estimate of drug-likeness (QED) is 0.359. The first-order chi connectivity index (χ1) is 18.4. The Morgan fingerprint density at radius 2 is 1.62 bits per heavy atom. The van der Waals surface area contributed by atoms with Gasteiger partial charge in [-0.25, -0.2) is 8.42 Å². The first kappa shape index (κ1) is 29.6. The highest BCUT2D eigenvalue weighted by Crippen LogP contribution is 2.50. The molecule has 1 heterocycles. The largest absolute Gasteiger partial charge is 0.462 e. The third kappa shape index (κ3) is 5.88. The van der Waals surface area contributed by atoms with Gasteiger partial charge in [-0.05, 0) is 85.7 Å². The Morgan fingerprint density at radius 1 is 1.00 bits per heavy atom. The lowest BCUT2D eigenvalue weighted by atomic mass is 9.80. The molecule has 0 radical (unpaired) electrons. The molecule has 1 aliphatic rings. The molecule has 0 fully saturated rings. The van der Waals surface area contributed by atoms with Crippen molar-refractivity contribution in [1.82, 2.24) is 0 Å². The van der Waals surface area contributed by atoms with Crippen LogP contribution in [0.25, 0.3) is 22.3 Å². The molecule has 3 aromatic carbocycles. The number of hydrogen-bond acceptors (Lipinski definition) is 5. The van der Waals surface area contributed by atoms with Gasteiger partial charge in [0.2, 0.25) is 10.0 Å². The number of esters is 1. The average molecular weight is 576 g/mol. The first-order valence-electron chi connectivity index (χ1n) is 12.7. The van der Waals surface area contributed by atoms with Crippen LogP contribution in [-0.2, 0) is 38.7 Å². The van der Waals surface area contributed by atoms with E-state index in [-0.39, 0.29) is 25.1 Å². The van der Waals surface area contributed by atoms with Gasteiger partial charge in [0.1, 0.15) is 6.61 Å². The van der Waals surface area contributed by atoms with Crippen LogP contribution in [0.3, 0.4) is 0 Å². The summed E-state index contributed by atoms with van der Waals surface area (Å²) in [5, 5.41) is 10.0. The molecule has 1 aliphatic heterocycles. The Kier molecular flexibility index (Phi) is 7.57. The zero-order chi connectivity index (χ0) is 29.8. The predicted molar refractivity (Wildman–Crippen MR) is 149 cm³/mol. The monoisotopic (exact) mass is 575 g/mol. The van der Waals surface area contributed by atoms with Crippen molar-refractivity contribution in [3.63, 3.8) is 0 Å². The van der Waals surface area contributed by atoms with Crippen LogP contribution >= 0.6 is 0 Å². The highest BCUT2D eigenvalue weighted by atomic mass is 32.2. The van der Waals surface area contributed by atoms with Gasteiger partial charge in [-0.1, -0.05) is 35.9 Å². The van der Waals surface area contributed by atoms with Gasteiger partial charge in [-0.3, -0.25) is 9.10 Å². The highest BCUT2D eigenvalue weighted by molar-refractivity contribution is 7.92. The third-order valence-electron chi connectivity index (χ3n) is 7.01. The third-order valence-corrected chi connectivity index (χ3v) is 8.12. The molecule has 40 heavy (non-hydrogen) atoms. The van der Waals surface area contributed by atoms with Crippen LogP contribution in [0.15, 0.2) is 42.5 Å². The Balaban J connectivity index is 2.04. The summed E-state index contributed by atoms with van der Waals surface area (Å²) in [7, 11) is -3.92. The molecule has 4 rings (SSSR count). The van der Waals surface area contributed by atoms with Crippen LogP contribution in [0, 0.1) is 20.8 Å². The summed E-state index contributed by atoms with van der Waals surface area (Å²) in [6, 6.07) is 11.0. The number of sulfonamides is 1. The number of halogens is 3. The van der Waals surface area contributed by atoms with E-state index in [0.29, 0.717) is 39.1 Å². The molecule has 0 spiro atoms. The van der Waals surface area contributed by atoms with E-state index in [1.807, 2.05) is 31.2 Å². The van der Waals surface area contributed by atoms with Crippen LogP contribution < -0.4 is 4.31 Å². The van der Waals surface area contributed by atoms with Crippen LogP contribution in [0.5, 0.6) is 0 Å². The van der Waals surface area contributed by atoms with E-state index < -0.39 is 33.3 Å². The van der Waals surface area contributed by atoms with Crippen LogP contribution in [0.4, 0.5) is 18.9 Å². The van der Waals surface area contributed by atoms with E-state index in [1.165, 1.54) is 19.9 Å².